The highest BCUT2D eigenvalue weighted by atomic mass is 79.9. The molecule has 0 saturated heterocycles. The molecule has 3 aromatic rings. The van der Waals surface area contributed by atoms with E-state index in [1.807, 2.05) is 24.3 Å². The third-order valence-electron chi connectivity index (χ3n) is 2.79. The summed E-state index contributed by atoms with van der Waals surface area (Å²) in [5.41, 5.74) is 7.76. The maximum Gasteiger partial charge on any atom is 0.174 e. The van der Waals surface area contributed by atoms with Gasteiger partial charge in [-0.1, -0.05) is 11.6 Å². The zero-order valence-electron chi connectivity index (χ0n) is 9.19. The minimum atomic E-state index is -0.371. The Morgan fingerprint density at radius 2 is 2.06 bits per heavy atom. The standard InChI is InChI=1S/C13H9BrClNO2/c14-13-9(3-4-17-13)12(16)11-6-7-5-8(15)1-2-10(7)18-11/h1-6,12H,16H2. The average molecular weight is 327 g/mol. The van der Waals surface area contributed by atoms with E-state index in [1.165, 1.54) is 0 Å². The Kier molecular flexibility index (Phi) is 2.93. The van der Waals surface area contributed by atoms with Crippen molar-refractivity contribution in [1.82, 2.24) is 0 Å². The van der Waals surface area contributed by atoms with Gasteiger partial charge in [0.15, 0.2) is 4.67 Å². The minimum absolute atomic E-state index is 0.371. The molecule has 92 valence electrons. The van der Waals surface area contributed by atoms with Gasteiger partial charge in [0, 0.05) is 16.0 Å². The van der Waals surface area contributed by atoms with Gasteiger partial charge in [-0.25, -0.2) is 0 Å². The summed E-state index contributed by atoms with van der Waals surface area (Å²) in [5, 5.41) is 1.61. The van der Waals surface area contributed by atoms with Crippen LogP contribution in [-0.4, -0.2) is 0 Å². The lowest BCUT2D eigenvalue weighted by molar-refractivity contribution is 0.508. The van der Waals surface area contributed by atoms with Gasteiger partial charge >= 0.3 is 0 Å². The Morgan fingerprint density at radius 1 is 1.22 bits per heavy atom. The molecule has 0 aliphatic rings. The highest BCUT2D eigenvalue weighted by molar-refractivity contribution is 9.10. The lowest BCUT2D eigenvalue weighted by atomic mass is 10.1. The molecule has 1 aromatic carbocycles. The molecule has 18 heavy (non-hydrogen) atoms. The third-order valence-corrected chi connectivity index (χ3v) is 3.66. The summed E-state index contributed by atoms with van der Waals surface area (Å²) in [4.78, 5) is 0. The monoisotopic (exact) mass is 325 g/mol. The van der Waals surface area contributed by atoms with Crippen molar-refractivity contribution in [3.05, 3.63) is 57.6 Å². The Bertz CT molecular complexity index is 704. The van der Waals surface area contributed by atoms with Crippen molar-refractivity contribution < 1.29 is 8.83 Å². The Morgan fingerprint density at radius 3 is 2.78 bits per heavy atom. The van der Waals surface area contributed by atoms with Crippen molar-refractivity contribution in [2.75, 3.05) is 0 Å². The molecule has 3 rings (SSSR count). The first-order chi connectivity index (χ1) is 8.65. The number of halogens is 2. The first kappa shape index (κ1) is 11.8. The van der Waals surface area contributed by atoms with E-state index in [0.717, 1.165) is 16.5 Å². The van der Waals surface area contributed by atoms with Crippen LogP contribution in [0.15, 0.2) is 50.1 Å². The fourth-order valence-corrected chi connectivity index (χ4v) is 2.54. The van der Waals surface area contributed by atoms with Crippen molar-refractivity contribution in [1.29, 1.82) is 0 Å². The minimum Gasteiger partial charge on any atom is -0.459 e. The number of furan rings is 2. The Hall–Kier alpha value is -1.23. The summed E-state index contributed by atoms with van der Waals surface area (Å²) >= 11 is 9.25. The lowest BCUT2D eigenvalue weighted by Gasteiger charge is -2.05. The first-order valence-electron chi connectivity index (χ1n) is 5.32. The summed E-state index contributed by atoms with van der Waals surface area (Å²) < 4.78 is 11.5. The second kappa shape index (κ2) is 4.46. The lowest BCUT2D eigenvalue weighted by Crippen LogP contribution is -2.10. The van der Waals surface area contributed by atoms with Crippen LogP contribution in [0.3, 0.4) is 0 Å². The molecule has 3 nitrogen and oxygen atoms in total. The molecule has 0 radical (unpaired) electrons. The molecular weight excluding hydrogens is 318 g/mol. The zero-order valence-corrected chi connectivity index (χ0v) is 11.5. The van der Waals surface area contributed by atoms with Crippen LogP contribution in [0, 0.1) is 0 Å². The fourth-order valence-electron chi connectivity index (χ4n) is 1.87. The topological polar surface area (TPSA) is 52.3 Å². The van der Waals surface area contributed by atoms with Crippen LogP contribution in [0.2, 0.25) is 5.02 Å². The molecule has 0 aliphatic heterocycles. The van der Waals surface area contributed by atoms with E-state index in [-0.39, 0.29) is 6.04 Å². The molecule has 2 aromatic heterocycles. The number of hydrogen-bond acceptors (Lipinski definition) is 3. The van der Waals surface area contributed by atoms with Crippen LogP contribution in [-0.2, 0) is 0 Å². The highest BCUT2D eigenvalue weighted by Gasteiger charge is 2.18. The molecule has 0 spiro atoms. The molecule has 0 saturated carbocycles. The van der Waals surface area contributed by atoms with Crippen molar-refractivity contribution in [3.8, 4) is 0 Å². The summed E-state index contributed by atoms with van der Waals surface area (Å²) in [7, 11) is 0. The molecule has 1 atom stereocenters. The van der Waals surface area contributed by atoms with Gasteiger partial charge in [0.05, 0.1) is 12.3 Å². The van der Waals surface area contributed by atoms with Crippen LogP contribution < -0.4 is 5.73 Å². The predicted octanol–water partition coefficient (Wildman–Crippen LogP) is 4.49. The summed E-state index contributed by atoms with van der Waals surface area (Å²) in [6.07, 6.45) is 1.58. The van der Waals surface area contributed by atoms with Gasteiger partial charge in [-0.3, -0.25) is 0 Å². The van der Waals surface area contributed by atoms with Crippen LogP contribution in [0.5, 0.6) is 0 Å². The number of nitrogens with two attached hydrogens (primary N) is 1. The van der Waals surface area contributed by atoms with E-state index in [4.69, 9.17) is 26.2 Å². The van der Waals surface area contributed by atoms with E-state index in [0.29, 0.717) is 15.5 Å². The number of benzene rings is 1. The quantitative estimate of drug-likeness (QED) is 0.755. The molecule has 0 amide bonds. The Labute approximate surface area is 117 Å². The number of rotatable bonds is 2. The summed E-state index contributed by atoms with van der Waals surface area (Å²) in [6, 6.07) is 8.81. The summed E-state index contributed by atoms with van der Waals surface area (Å²) in [6.45, 7) is 0. The maximum absolute atomic E-state index is 6.15. The van der Waals surface area contributed by atoms with Gasteiger partial charge < -0.3 is 14.6 Å². The molecule has 1 unspecified atom stereocenters. The van der Waals surface area contributed by atoms with Gasteiger partial charge in [0.1, 0.15) is 11.3 Å². The SMILES string of the molecule is NC(c1cc2cc(Cl)ccc2o1)c1ccoc1Br. The van der Waals surface area contributed by atoms with Gasteiger partial charge in [0.2, 0.25) is 0 Å². The largest absolute Gasteiger partial charge is 0.459 e. The molecule has 0 bridgehead atoms. The number of hydrogen-bond donors (Lipinski definition) is 1. The molecule has 2 N–H and O–H groups in total. The fraction of sp³-hybridized carbons (Fsp3) is 0.0769. The van der Waals surface area contributed by atoms with Crippen molar-refractivity contribution in [3.63, 3.8) is 0 Å². The van der Waals surface area contributed by atoms with Crippen molar-refractivity contribution >= 4 is 38.5 Å². The van der Waals surface area contributed by atoms with Crippen LogP contribution in [0.25, 0.3) is 11.0 Å². The second-order valence-electron chi connectivity index (χ2n) is 3.96. The van der Waals surface area contributed by atoms with Gasteiger partial charge in [-0.05, 0) is 46.3 Å². The smallest absolute Gasteiger partial charge is 0.174 e. The third kappa shape index (κ3) is 1.96. The number of fused-ring (bicyclic) bond motifs is 1. The summed E-state index contributed by atoms with van der Waals surface area (Å²) in [5.74, 6) is 0.675. The maximum atomic E-state index is 6.15. The first-order valence-corrected chi connectivity index (χ1v) is 6.50. The van der Waals surface area contributed by atoms with Gasteiger partial charge in [0.25, 0.3) is 0 Å². The Balaban J connectivity index is 2.07. The second-order valence-corrected chi connectivity index (χ2v) is 5.11. The highest BCUT2D eigenvalue weighted by Crippen LogP contribution is 2.31. The predicted molar refractivity (Wildman–Crippen MR) is 73.7 cm³/mol. The van der Waals surface area contributed by atoms with Crippen molar-refractivity contribution in [2.24, 2.45) is 5.73 Å². The van der Waals surface area contributed by atoms with Gasteiger partial charge in [-0.2, -0.15) is 0 Å². The molecule has 2 heterocycles. The molecular formula is C13H9BrClNO2. The van der Waals surface area contributed by atoms with E-state index in [9.17, 15) is 0 Å². The van der Waals surface area contributed by atoms with Gasteiger partial charge in [-0.15, -0.1) is 0 Å². The van der Waals surface area contributed by atoms with E-state index in [2.05, 4.69) is 15.9 Å². The average Bonchev–Trinajstić information content (AvgIpc) is 2.93. The van der Waals surface area contributed by atoms with E-state index < -0.39 is 0 Å². The molecule has 0 aliphatic carbocycles. The normalized spacial score (nSPS) is 13.1. The van der Waals surface area contributed by atoms with E-state index >= 15 is 0 Å². The van der Waals surface area contributed by atoms with E-state index in [1.54, 1.807) is 12.3 Å². The van der Waals surface area contributed by atoms with Crippen molar-refractivity contribution in [2.45, 2.75) is 6.04 Å². The van der Waals surface area contributed by atoms with Crippen LogP contribution >= 0.6 is 27.5 Å². The van der Waals surface area contributed by atoms with Crippen LogP contribution in [0.1, 0.15) is 17.4 Å². The van der Waals surface area contributed by atoms with Crippen LogP contribution in [0.4, 0.5) is 0 Å². The molecule has 5 heteroatoms. The molecule has 0 fully saturated rings. The zero-order chi connectivity index (χ0) is 12.7.